The number of aliphatic carboxylic acids is 1. The maximum absolute atomic E-state index is 10.6. The van der Waals surface area contributed by atoms with Crippen LogP contribution < -0.4 is 4.74 Å². The fraction of sp³-hybridized carbons (Fsp3) is 0.150. The molecule has 0 fully saturated rings. The quantitative estimate of drug-likeness (QED) is 0.669. The van der Waals surface area contributed by atoms with Gasteiger partial charge in [-0.05, 0) is 54.4 Å². The topological polar surface area (TPSA) is 72.3 Å². The first kappa shape index (κ1) is 17.9. The van der Waals surface area contributed by atoms with Crippen LogP contribution >= 0.6 is 11.6 Å². The van der Waals surface area contributed by atoms with Crippen molar-refractivity contribution in [2.24, 2.45) is 0 Å². The van der Waals surface area contributed by atoms with Crippen molar-refractivity contribution >= 4 is 17.6 Å². The van der Waals surface area contributed by atoms with Gasteiger partial charge in [-0.3, -0.25) is 4.79 Å². The Kier molecular flexibility index (Phi) is 5.81. The van der Waals surface area contributed by atoms with Crippen molar-refractivity contribution < 1.29 is 14.6 Å². The molecule has 0 unspecified atom stereocenters. The second kappa shape index (κ2) is 8.45. The minimum absolute atomic E-state index is 0.120. The number of aromatic nitrogens is 2. The van der Waals surface area contributed by atoms with E-state index < -0.39 is 5.97 Å². The first-order valence-electron chi connectivity index (χ1n) is 8.11. The smallest absolute Gasteiger partial charge is 0.303 e. The molecular formula is C20H17ClN2O3. The summed E-state index contributed by atoms with van der Waals surface area (Å²) in [5.41, 5.74) is 2.62. The van der Waals surface area contributed by atoms with Crippen LogP contribution in [0.15, 0.2) is 60.8 Å². The van der Waals surface area contributed by atoms with E-state index in [0.29, 0.717) is 29.6 Å². The Bertz CT molecular complexity index is 880. The Morgan fingerprint density at radius 2 is 1.77 bits per heavy atom. The predicted molar refractivity (Wildman–Crippen MR) is 99.2 cm³/mol. The molecule has 0 aliphatic carbocycles. The molecule has 0 bridgehead atoms. The molecule has 0 aliphatic rings. The zero-order chi connectivity index (χ0) is 18.4. The molecule has 1 heterocycles. The Morgan fingerprint density at radius 3 is 2.46 bits per heavy atom. The van der Waals surface area contributed by atoms with E-state index in [9.17, 15) is 4.79 Å². The number of carboxylic acids is 1. The highest BCUT2D eigenvalue weighted by Crippen LogP contribution is 2.19. The van der Waals surface area contributed by atoms with Crippen LogP contribution in [0.4, 0.5) is 0 Å². The molecular weight excluding hydrogens is 352 g/mol. The van der Waals surface area contributed by atoms with Gasteiger partial charge in [0, 0.05) is 23.2 Å². The molecule has 1 aromatic heterocycles. The molecule has 132 valence electrons. The molecule has 0 radical (unpaired) electrons. The summed E-state index contributed by atoms with van der Waals surface area (Å²) in [5.74, 6) is 0.521. The number of benzene rings is 2. The highest BCUT2D eigenvalue weighted by atomic mass is 35.5. The van der Waals surface area contributed by atoms with Crippen molar-refractivity contribution in [3.8, 4) is 17.1 Å². The second-order valence-electron chi connectivity index (χ2n) is 5.70. The summed E-state index contributed by atoms with van der Waals surface area (Å²) in [4.78, 5) is 19.4. The molecule has 6 heteroatoms. The molecule has 0 atom stereocenters. The lowest BCUT2D eigenvalue weighted by Gasteiger charge is -2.08. The Balaban J connectivity index is 1.62. The zero-order valence-electron chi connectivity index (χ0n) is 13.9. The highest BCUT2D eigenvalue weighted by Gasteiger charge is 2.04. The van der Waals surface area contributed by atoms with E-state index in [-0.39, 0.29) is 6.42 Å². The molecule has 0 spiro atoms. The molecule has 0 saturated carbocycles. The molecule has 0 aliphatic heterocycles. The normalized spacial score (nSPS) is 10.5. The summed E-state index contributed by atoms with van der Waals surface area (Å²) in [6.45, 7) is 0.317. The third kappa shape index (κ3) is 5.04. The van der Waals surface area contributed by atoms with Crippen LogP contribution in [0.25, 0.3) is 11.4 Å². The predicted octanol–water partition coefficient (Wildman–Crippen LogP) is 4.39. The minimum Gasteiger partial charge on any atom is -0.487 e. The van der Waals surface area contributed by atoms with E-state index in [4.69, 9.17) is 21.4 Å². The molecule has 3 aromatic rings. The van der Waals surface area contributed by atoms with Crippen molar-refractivity contribution in [1.82, 2.24) is 9.97 Å². The first-order chi connectivity index (χ1) is 12.6. The number of nitrogens with zero attached hydrogens (tertiary/aromatic N) is 2. The number of carbonyl (C=O) groups is 1. The third-order valence-electron chi connectivity index (χ3n) is 3.75. The molecule has 26 heavy (non-hydrogen) atoms. The average molecular weight is 369 g/mol. The molecule has 0 saturated heterocycles. The van der Waals surface area contributed by atoms with Crippen LogP contribution in [0, 0.1) is 0 Å². The molecule has 0 amide bonds. The van der Waals surface area contributed by atoms with Crippen LogP contribution in [-0.4, -0.2) is 21.0 Å². The maximum atomic E-state index is 10.6. The number of rotatable bonds is 7. The number of aryl methyl sites for hydroxylation is 1. The van der Waals surface area contributed by atoms with Gasteiger partial charge in [0.25, 0.3) is 0 Å². The lowest BCUT2D eigenvalue weighted by molar-refractivity contribution is -0.136. The van der Waals surface area contributed by atoms with E-state index in [1.54, 1.807) is 24.4 Å². The van der Waals surface area contributed by atoms with E-state index in [1.165, 1.54) is 0 Å². The minimum atomic E-state index is -0.800. The van der Waals surface area contributed by atoms with Crippen molar-refractivity contribution in [3.05, 3.63) is 77.1 Å². The summed E-state index contributed by atoms with van der Waals surface area (Å²) in [6, 6.07) is 16.6. The monoisotopic (exact) mass is 368 g/mol. The van der Waals surface area contributed by atoms with Gasteiger partial charge in [-0.2, -0.15) is 0 Å². The van der Waals surface area contributed by atoms with Crippen molar-refractivity contribution in [2.75, 3.05) is 0 Å². The van der Waals surface area contributed by atoms with Crippen LogP contribution in [0.2, 0.25) is 5.02 Å². The summed E-state index contributed by atoms with van der Waals surface area (Å²) >= 11 is 5.90. The number of carboxylic acid groups (broad SMARTS) is 1. The molecule has 1 N–H and O–H groups in total. The Hall–Kier alpha value is -2.92. The van der Waals surface area contributed by atoms with E-state index in [1.807, 2.05) is 36.4 Å². The fourth-order valence-corrected chi connectivity index (χ4v) is 2.50. The fourth-order valence-electron chi connectivity index (χ4n) is 2.38. The average Bonchev–Trinajstić information content (AvgIpc) is 2.66. The van der Waals surface area contributed by atoms with Crippen molar-refractivity contribution in [3.63, 3.8) is 0 Å². The summed E-state index contributed by atoms with van der Waals surface area (Å²) in [7, 11) is 0. The van der Waals surface area contributed by atoms with Gasteiger partial charge >= 0.3 is 5.97 Å². The SMILES string of the molecule is O=C(O)CCc1ccc(OCc2ccnc(-c3ccc(Cl)cc3)n2)cc1. The van der Waals surface area contributed by atoms with Crippen LogP contribution in [-0.2, 0) is 17.8 Å². The lowest BCUT2D eigenvalue weighted by Crippen LogP contribution is -2.01. The number of hydrogen-bond donors (Lipinski definition) is 1. The van der Waals surface area contributed by atoms with Crippen LogP contribution in [0.3, 0.4) is 0 Å². The van der Waals surface area contributed by atoms with Gasteiger partial charge in [0.1, 0.15) is 12.4 Å². The van der Waals surface area contributed by atoms with Gasteiger partial charge in [-0.1, -0.05) is 23.7 Å². The summed E-state index contributed by atoms with van der Waals surface area (Å²) in [5, 5.41) is 9.38. The van der Waals surface area contributed by atoms with Crippen molar-refractivity contribution in [1.29, 1.82) is 0 Å². The van der Waals surface area contributed by atoms with E-state index in [2.05, 4.69) is 9.97 Å². The highest BCUT2D eigenvalue weighted by molar-refractivity contribution is 6.30. The maximum Gasteiger partial charge on any atom is 0.303 e. The van der Waals surface area contributed by atoms with Gasteiger partial charge in [0.05, 0.1) is 5.69 Å². The van der Waals surface area contributed by atoms with Gasteiger partial charge < -0.3 is 9.84 Å². The number of hydrogen-bond acceptors (Lipinski definition) is 4. The summed E-state index contributed by atoms with van der Waals surface area (Å²) in [6.07, 6.45) is 2.32. The first-order valence-corrected chi connectivity index (χ1v) is 8.49. The van der Waals surface area contributed by atoms with Crippen LogP contribution in [0.5, 0.6) is 5.75 Å². The summed E-state index contributed by atoms with van der Waals surface area (Å²) < 4.78 is 5.75. The van der Waals surface area contributed by atoms with Gasteiger partial charge in [-0.25, -0.2) is 9.97 Å². The standard InChI is InChI=1S/C20H17ClN2O3/c21-16-6-4-15(5-7-16)20-22-12-11-17(23-20)13-26-18-8-1-14(2-9-18)3-10-19(24)25/h1-2,4-9,11-12H,3,10,13H2,(H,24,25). The Morgan fingerprint density at radius 1 is 1.04 bits per heavy atom. The van der Waals surface area contributed by atoms with Gasteiger partial charge in [0.2, 0.25) is 0 Å². The second-order valence-corrected chi connectivity index (χ2v) is 6.14. The van der Waals surface area contributed by atoms with E-state index >= 15 is 0 Å². The molecule has 2 aromatic carbocycles. The van der Waals surface area contributed by atoms with Gasteiger partial charge in [0.15, 0.2) is 5.82 Å². The third-order valence-corrected chi connectivity index (χ3v) is 4.01. The Labute approximate surface area is 156 Å². The van der Waals surface area contributed by atoms with Crippen molar-refractivity contribution in [2.45, 2.75) is 19.4 Å². The number of halogens is 1. The zero-order valence-corrected chi connectivity index (χ0v) is 14.7. The van der Waals surface area contributed by atoms with Gasteiger partial charge in [-0.15, -0.1) is 0 Å². The lowest BCUT2D eigenvalue weighted by atomic mass is 10.1. The molecule has 3 rings (SSSR count). The number of ether oxygens (including phenoxy) is 1. The molecule has 5 nitrogen and oxygen atoms in total. The van der Waals surface area contributed by atoms with E-state index in [0.717, 1.165) is 16.8 Å². The van der Waals surface area contributed by atoms with Crippen LogP contribution in [0.1, 0.15) is 17.7 Å². The largest absolute Gasteiger partial charge is 0.487 e.